The molecular weight excluding hydrogens is 622 g/mol. The number of aromatic hydroxyl groups is 1. The van der Waals surface area contributed by atoms with Crippen LogP contribution in [0.3, 0.4) is 0 Å². The summed E-state index contributed by atoms with van der Waals surface area (Å²) in [6.07, 6.45) is 8.16. The minimum Gasteiger partial charge on any atom is -0.504 e. The summed E-state index contributed by atoms with van der Waals surface area (Å²) in [5, 5.41) is 24.7. The fourth-order valence-corrected chi connectivity index (χ4v) is 11.0. The van der Waals surface area contributed by atoms with Crippen LogP contribution in [0.25, 0.3) is 6.08 Å². The Bertz CT molecular complexity index is 1910. The van der Waals surface area contributed by atoms with Crippen molar-refractivity contribution in [2.24, 2.45) is 5.41 Å². The molecule has 2 saturated carbocycles. The second-order valence-electron chi connectivity index (χ2n) is 13.8. The average molecular weight is 662 g/mol. The molecule has 47 heavy (non-hydrogen) atoms. The fraction of sp³-hybridized carbons (Fsp3) is 0.429. The molecule has 1 aromatic heterocycles. The Balaban J connectivity index is 1.29. The number of carbonyl (C=O) groups excluding carboxylic acids is 2. The van der Waals surface area contributed by atoms with E-state index < -0.39 is 32.5 Å². The molecule has 4 aliphatic rings. The van der Waals surface area contributed by atoms with Crippen LogP contribution in [0.2, 0.25) is 0 Å². The monoisotopic (exact) mass is 661 g/mol. The van der Waals surface area contributed by atoms with Gasteiger partial charge in [-0.3, -0.25) is 9.59 Å². The van der Waals surface area contributed by atoms with E-state index in [-0.39, 0.29) is 52.8 Å². The molecule has 1 saturated heterocycles. The number of rotatable bonds is 7. The van der Waals surface area contributed by atoms with Crippen molar-refractivity contribution in [1.29, 1.82) is 0 Å². The highest BCUT2D eigenvalue weighted by molar-refractivity contribution is 7.89. The van der Waals surface area contributed by atoms with Crippen LogP contribution in [0.1, 0.15) is 52.7 Å². The van der Waals surface area contributed by atoms with Crippen molar-refractivity contribution in [3.05, 3.63) is 83.3 Å². The van der Waals surface area contributed by atoms with Crippen LogP contribution in [0, 0.1) is 5.41 Å². The van der Waals surface area contributed by atoms with Gasteiger partial charge in [0.15, 0.2) is 11.5 Å². The van der Waals surface area contributed by atoms with Gasteiger partial charge in [-0.2, -0.15) is 4.31 Å². The van der Waals surface area contributed by atoms with Gasteiger partial charge in [-0.15, -0.1) is 0 Å². The van der Waals surface area contributed by atoms with Crippen LogP contribution in [-0.2, 0) is 26.7 Å². The lowest BCUT2D eigenvalue weighted by molar-refractivity contribution is -0.140. The summed E-state index contributed by atoms with van der Waals surface area (Å²) >= 11 is 0. The number of carbonyl (C=O) groups is 2. The molecule has 2 heterocycles. The van der Waals surface area contributed by atoms with E-state index >= 15 is 0 Å². The summed E-state index contributed by atoms with van der Waals surface area (Å²) < 4.78 is 40.7. The maximum Gasteiger partial charge on any atom is 0.253 e. The highest BCUT2D eigenvalue weighted by atomic mass is 32.2. The van der Waals surface area contributed by atoms with Gasteiger partial charge in [0.2, 0.25) is 15.9 Å². The summed E-state index contributed by atoms with van der Waals surface area (Å²) in [6, 6.07) is 10.3. The normalized spacial score (nSPS) is 29.4. The van der Waals surface area contributed by atoms with Crippen molar-refractivity contribution in [2.75, 3.05) is 34.8 Å². The molecule has 5 atom stereocenters. The molecule has 3 aliphatic carbocycles. The molecule has 2 N–H and O–H groups in total. The maximum atomic E-state index is 14.3. The number of amides is 2. The highest BCUT2D eigenvalue weighted by Gasteiger charge is 2.80. The number of nitrogens with zero attached hydrogens (tertiary/aromatic N) is 3. The van der Waals surface area contributed by atoms with E-state index in [1.807, 2.05) is 6.07 Å². The number of fused-ring (bicyclic) bond motifs is 2. The molecule has 11 nitrogen and oxygen atoms in total. The molecule has 3 unspecified atom stereocenters. The quantitative estimate of drug-likeness (QED) is 0.367. The Morgan fingerprint density at radius 3 is 2.64 bits per heavy atom. The molecule has 0 radical (unpaired) electrons. The van der Waals surface area contributed by atoms with E-state index in [2.05, 4.69) is 0 Å². The zero-order valence-electron chi connectivity index (χ0n) is 26.8. The van der Waals surface area contributed by atoms with Gasteiger partial charge < -0.3 is 29.2 Å². The molecule has 248 valence electrons. The summed E-state index contributed by atoms with van der Waals surface area (Å²) in [4.78, 5) is 29.1. The Hall–Kier alpha value is -4.13. The minimum absolute atomic E-state index is 0.00963. The van der Waals surface area contributed by atoms with Crippen molar-refractivity contribution in [2.45, 2.75) is 60.1 Å². The molecular formula is C35H39N3O8S. The third kappa shape index (κ3) is 4.41. The van der Waals surface area contributed by atoms with Crippen LogP contribution in [0.5, 0.6) is 11.5 Å². The number of hydrogen-bond acceptors (Lipinski definition) is 8. The van der Waals surface area contributed by atoms with Crippen molar-refractivity contribution in [3.8, 4) is 11.5 Å². The van der Waals surface area contributed by atoms with E-state index in [0.717, 1.165) is 11.1 Å². The van der Waals surface area contributed by atoms with Crippen LogP contribution in [0.15, 0.2) is 70.4 Å². The van der Waals surface area contributed by atoms with Gasteiger partial charge in [-0.05, 0) is 74.1 Å². The Labute approximate surface area is 274 Å². The lowest BCUT2D eigenvalue weighted by Crippen LogP contribution is -2.72. The largest absolute Gasteiger partial charge is 0.504 e. The molecule has 12 heteroatoms. The molecule has 3 fully saturated rings. The first kappa shape index (κ1) is 31.5. The Kier molecular flexibility index (Phi) is 7.16. The van der Waals surface area contributed by atoms with E-state index in [4.69, 9.17) is 9.15 Å². The van der Waals surface area contributed by atoms with Crippen LogP contribution in [-0.4, -0.2) is 97.0 Å². The minimum atomic E-state index is -4.12. The van der Waals surface area contributed by atoms with Gasteiger partial charge >= 0.3 is 0 Å². The standard InChI is InChI=1S/C35H39N3O8S/c1-36(2)31(41)23-6-5-7-26(16-23)47(43,44)38-21-33-17-24-9-10-27(45-4)30(40)29(24)34(20-33)18-25(12-14-35(34,42)32(33)38)37(3)28(39)11-8-22-13-15-46-19-22/h5-11,13,15-16,19,25,32,40,42H,12,14,17-18,20-21H2,1-4H3/b11-8+/t25-,32?,33?,34?,35-/m1/s1. The molecule has 2 amide bonds. The molecule has 2 spiro atoms. The lowest BCUT2D eigenvalue weighted by Gasteiger charge is -2.57. The number of phenols is 1. The Morgan fingerprint density at radius 1 is 1.15 bits per heavy atom. The first-order chi connectivity index (χ1) is 22.3. The molecule has 7 rings (SSSR count). The number of likely N-dealkylation sites (N-methyl/N-ethyl adjacent to an activating group) is 1. The lowest BCUT2D eigenvalue weighted by atomic mass is 9.57. The number of methoxy groups -OCH3 is 1. The number of benzene rings is 2. The molecule has 2 aromatic carbocycles. The SMILES string of the molecule is COc1ccc2c(c1O)C13C[C@H](N(C)C(=O)/C=C/c4ccoc4)CC[C@@]1(O)C1N(S(=O)(=O)c4cccc(C(=O)N(C)C)c4)CC1(C2)C3. The summed E-state index contributed by atoms with van der Waals surface area (Å²) in [6.45, 7) is 0.190. The number of sulfonamides is 1. The van der Waals surface area contributed by atoms with Gasteiger partial charge in [0, 0.05) is 67.3 Å². The van der Waals surface area contributed by atoms with E-state index in [0.29, 0.717) is 31.2 Å². The number of furan rings is 1. The predicted octanol–water partition coefficient (Wildman–Crippen LogP) is 3.41. The summed E-state index contributed by atoms with van der Waals surface area (Å²) in [7, 11) is 2.30. The number of ether oxygens (including phenoxy) is 1. The van der Waals surface area contributed by atoms with E-state index in [9.17, 15) is 28.2 Å². The van der Waals surface area contributed by atoms with Gasteiger partial charge in [0.05, 0.1) is 36.2 Å². The summed E-state index contributed by atoms with van der Waals surface area (Å²) in [5.41, 5.74) is -0.735. The summed E-state index contributed by atoms with van der Waals surface area (Å²) in [5.74, 6) is -0.306. The fourth-order valence-electron chi connectivity index (χ4n) is 9.14. The Morgan fingerprint density at radius 2 is 1.94 bits per heavy atom. The third-order valence-electron chi connectivity index (χ3n) is 11.1. The first-order valence-corrected chi connectivity index (χ1v) is 17.1. The van der Waals surface area contributed by atoms with Gasteiger partial charge in [-0.25, -0.2) is 8.42 Å². The topological polar surface area (TPSA) is 141 Å². The van der Waals surface area contributed by atoms with Gasteiger partial charge in [0.25, 0.3) is 5.91 Å². The van der Waals surface area contributed by atoms with Crippen molar-refractivity contribution in [1.82, 2.24) is 14.1 Å². The van der Waals surface area contributed by atoms with Crippen molar-refractivity contribution in [3.63, 3.8) is 0 Å². The maximum absolute atomic E-state index is 14.3. The zero-order valence-corrected chi connectivity index (χ0v) is 27.7. The predicted molar refractivity (Wildman–Crippen MR) is 172 cm³/mol. The molecule has 1 aliphatic heterocycles. The van der Waals surface area contributed by atoms with E-state index in [1.54, 1.807) is 62.6 Å². The molecule has 3 aromatic rings. The third-order valence-corrected chi connectivity index (χ3v) is 12.9. The smallest absolute Gasteiger partial charge is 0.253 e. The first-order valence-electron chi connectivity index (χ1n) is 15.7. The van der Waals surface area contributed by atoms with Crippen LogP contribution in [0.4, 0.5) is 0 Å². The second-order valence-corrected chi connectivity index (χ2v) is 15.7. The zero-order chi connectivity index (χ0) is 33.5. The van der Waals surface area contributed by atoms with Crippen LogP contribution < -0.4 is 4.74 Å². The van der Waals surface area contributed by atoms with E-state index in [1.165, 1.54) is 40.8 Å². The average Bonchev–Trinajstić information content (AvgIpc) is 3.60. The van der Waals surface area contributed by atoms with Gasteiger partial charge in [0.1, 0.15) is 0 Å². The van der Waals surface area contributed by atoms with Crippen molar-refractivity contribution >= 4 is 27.9 Å². The van der Waals surface area contributed by atoms with Crippen LogP contribution >= 0.6 is 0 Å². The number of phenolic OH excluding ortho intramolecular Hbond substituents is 1. The highest BCUT2D eigenvalue weighted by Crippen LogP contribution is 2.73. The second kappa shape index (κ2) is 10.7. The number of aliphatic hydroxyl groups is 1. The number of hydrogen-bond donors (Lipinski definition) is 2. The van der Waals surface area contributed by atoms with Crippen molar-refractivity contribution < 1.29 is 37.4 Å². The van der Waals surface area contributed by atoms with Gasteiger partial charge in [-0.1, -0.05) is 12.1 Å². The molecule has 2 bridgehead atoms.